The Bertz CT molecular complexity index is 588. The first-order chi connectivity index (χ1) is 9.79. The third kappa shape index (κ3) is 2.31. The van der Waals surface area contributed by atoms with Crippen LogP contribution in [0.25, 0.3) is 0 Å². The fourth-order valence-corrected chi connectivity index (χ4v) is 2.58. The Kier molecular flexibility index (Phi) is 3.49. The Labute approximate surface area is 117 Å². The summed E-state index contributed by atoms with van der Waals surface area (Å²) in [7, 11) is 0. The third-order valence-corrected chi connectivity index (χ3v) is 3.64. The van der Waals surface area contributed by atoms with Gasteiger partial charge < -0.3 is 9.88 Å². The van der Waals surface area contributed by atoms with Crippen LogP contribution in [-0.4, -0.2) is 30.5 Å². The Balaban J connectivity index is 1.64. The number of nitrogens with one attached hydrogen (secondary N) is 1. The summed E-state index contributed by atoms with van der Waals surface area (Å²) < 4.78 is 3.78. The molecular formula is C13H18N6O. The van der Waals surface area contributed by atoms with Crippen molar-refractivity contribution in [2.45, 2.75) is 45.3 Å². The van der Waals surface area contributed by atoms with E-state index in [4.69, 9.17) is 0 Å². The maximum absolute atomic E-state index is 12.2. The van der Waals surface area contributed by atoms with Gasteiger partial charge in [-0.05, 0) is 18.9 Å². The average molecular weight is 274 g/mol. The molecule has 0 radical (unpaired) electrons. The summed E-state index contributed by atoms with van der Waals surface area (Å²) in [5, 5.41) is 15.3. The van der Waals surface area contributed by atoms with E-state index in [9.17, 15) is 4.79 Å². The normalized spacial score (nSPS) is 15.1. The van der Waals surface area contributed by atoms with E-state index in [1.54, 1.807) is 10.9 Å². The van der Waals surface area contributed by atoms with Crippen molar-refractivity contribution < 1.29 is 4.79 Å². The lowest BCUT2D eigenvalue weighted by Crippen LogP contribution is -2.33. The van der Waals surface area contributed by atoms with E-state index in [0.717, 1.165) is 31.0 Å². The molecule has 1 aliphatic heterocycles. The molecular weight excluding hydrogens is 256 g/mol. The predicted molar refractivity (Wildman–Crippen MR) is 71.7 cm³/mol. The van der Waals surface area contributed by atoms with Crippen LogP contribution in [0.1, 0.15) is 37.5 Å². The van der Waals surface area contributed by atoms with Crippen molar-refractivity contribution in [2.75, 3.05) is 0 Å². The van der Waals surface area contributed by atoms with Gasteiger partial charge in [-0.15, -0.1) is 10.2 Å². The number of fused-ring (bicyclic) bond motifs is 1. The summed E-state index contributed by atoms with van der Waals surface area (Å²) in [6.45, 7) is 3.34. The van der Waals surface area contributed by atoms with Crippen molar-refractivity contribution in [3.63, 3.8) is 0 Å². The summed E-state index contributed by atoms with van der Waals surface area (Å²) >= 11 is 0. The molecule has 0 aromatic carbocycles. The van der Waals surface area contributed by atoms with Gasteiger partial charge >= 0.3 is 0 Å². The summed E-state index contributed by atoms with van der Waals surface area (Å²) in [4.78, 5) is 12.2. The van der Waals surface area contributed by atoms with Gasteiger partial charge in [-0.2, -0.15) is 5.10 Å². The second kappa shape index (κ2) is 5.44. The molecule has 1 N–H and O–H groups in total. The van der Waals surface area contributed by atoms with Crippen LogP contribution in [0.5, 0.6) is 0 Å². The van der Waals surface area contributed by atoms with Crippen molar-refractivity contribution in [3.05, 3.63) is 30.1 Å². The van der Waals surface area contributed by atoms with Gasteiger partial charge in [0.25, 0.3) is 0 Å². The number of hydrogen-bond acceptors (Lipinski definition) is 4. The maximum atomic E-state index is 12.2. The van der Waals surface area contributed by atoms with Crippen LogP contribution in [0.3, 0.4) is 0 Å². The maximum Gasteiger partial charge on any atom is 0.245 e. The van der Waals surface area contributed by atoms with Crippen molar-refractivity contribution in [2.24, 2.45) is 0 Å². The second-order valence-corrected chi connectivity index (χ2v) is 4.92. The summed E-state index contributed by atoms with van der Waals surface area (Å²) in [5.41, 5.74) is 0. The smallest absolute Gasteiger partial charge is 0.245 e. The summed E-state index contributed by atoms with van der Waals surface area (Å²) in [5.74, 6) is 1.82. The third-order valence-electron chi connectivity index (χ3n) is 3.64. The van der Waals surface area contributed by atoms with Gasteiger partial charge in [-0.3, -0.25) is 9.48 Å². The molecule has 0 bridgehead atoms. The van der Waals surface area contributed by atoms with Crippen molar-refractivity contribution >= 4 is 5.91 Å². The zero-order valence-electron chi connectivity index (χ0n) is 11.5. The molecule has 106 valence electrons. The predicted octanol–water partition coefficient (Wildman–Crippen LogP) is 0.688. The highest BCUT2D eigenvalue weighted by atomic mass is 16.2. The minimum Gasteiger partial charge on any atom is -0.347 e. The van der Waals surface area contributed by atoms with Gasteiger partial charge in [0.05, 0.1) is 6.54 Å². The fraction of sp³-hybridized carbons (Fsp3) is 0.538. The van der Waals surface area contributed by atoms with Crippen LogP contribution in [0.15, 0.2) is 18.5 Å². The first-order valence-corrected chi connectivity index (χ1v) is 6.97. The van der Waals surface area contributed by atoms with Gasteiger partial charge in [0, 0.05) is 25.4 Å². The van der Waals surface area contributed by atoms with Crippen LogP contribution < -0.4 is 5.32 Å². The number of amides is 1. The molecule has 3 rings (SSSR count). The Morgan fingerprint density at radius 2 is 2.40 bits per heavy atom. The molecule has 3 heterocycles. The SMILES string of the molecule is CC[C@H](C(=O)NCc1nnc2n1CCC2)n1cccn1. The fourth-order valence-electron chi connectivity index (χ4n) is 2.58. The highest BCUT2D eigenvalue weighted by molar-refractivity contribution is 5.79. The molecule has 7 nitrogen and oxygen atoms in total. The number of aromatic nitrogens is 5. The average Bonchev–Trinajstić information content (AvgIpc) is 3.15. The molecule has 2 aromatic rings. The minimum absolute atomic E-state index is 0.0356. The first kappa shape index (κ1) is 12.8. The molecule has 1 aliphatic rings. The van der Waals surface area contributed by atoms with E-state index < -0.39 is 0 Å². The summed E-state index contributed by atoms with van der Waals surface area (Å²) in [6, 6.07) is 1.55. The van der Waals surface area contributed by atoms with Crippen molar-refractivity contribution in [1.29, 1.82) is 0 Å². The van der Waals surface area contributed by atoms with Gasteiger partial charge in [0.1, 0.15) is 11.9 Å². The van der Waals surface area contributed by atoms with E-state index in [0.29, 0.717) is 13.0 Å². The Hall–Kier alpha value is -2.18. The molecule has 0 spiro atoms. The first-order valence-electron chi connectivity index (χ1n) is 6.97. The van der Waals surface area contributed by atoms with Gasteiger partial charge in [-0.1, -0.05) is 6.92 Å². The molecule has 0 saturated carbocycles. The zero-order chi connectivity index (χ0) is 13.9. The van der Waals surface area contributed by atoms with Crippen LogP contribution in [0.4, 0.5) is 0 Å². The number of carbonyl (C=O) groups excluding carboxylic acids is 1. The molecule has 20 heavy (non-hydrogen) atoms. The number of nitrogens with zero attached hydrogens (tertiary/aromatic N) is 5. The van der Waals surface area contributed by atoms with Crippen LogP contribution in [0, 0.1) is 0 Å². The van der Waals surface area contributed by atoms with Crippen molar-refractivity contribution in [1.82, 2.24) is 29.9 Å². The minimum atomic E-state index is -0.272. The van der Waals surface area contributed by atoms with E-state index >= 15 is 0 Å². The van der Waals surface area contributed by atoms with Crippen molar-refractivity contribution in [3.8, 4) is 0 Å². The molecule has 1 atom stereocenters. The monoisotopic (exact) mass is 274 g/mol. The summed E-state index contributed by atoms with van der Waals surface area (Å²) in [6.07, 6.45) is 6.28. The number of aryl methyl sites for hydroxylation is 1. The van der Waals surface area contributed by atoms with E-state index in [-0.39, 0.29) is 11.9 Å². The number of carbonyl (C=O) groups is 1. The lowest BCUT2D eigenvalue weighted by atomic mass is 10.2. The molecule has 7 heteroatoms. The zero-order valence-corrected chi connectivity index (χ0v) is 11.5. The second-order valence-electron chi connectivity index (χ2n) is 4.92. The van der Waals surface area contributed by atoms with Crippen LogP contribution in [0.2, 0.25) is 0 Å². The quantitative estimate of drug-likeness (QED) is 0.870. The lowest BCUT2D eigenvalue weighted by Gasteiger charge is -2.15. The van der Waals surface area contributed by atoms with E-state index in [1.165, 1.54) is 0 Å². The highest BCUT2D eigenvalue weighted by Crippen LogP contribution is 2.14. The van der Waals surface area contributed by atoms with E-state index in [1.807, 2.05) is 19.2 Å². The van der Waals surface area contributed by atoms with Gasteiger partial charge in [0.15, 0.2) is 5.82 Å². The molecule has 0 saturated heterocycles. The molecule has 2 aromatic heterocycles. The van der Waals surface area contributed by atoms with Gasteiger partial charge in [-0.25, -0.2) is 0 Å². The lowest BCUT2D eigenvalue weighted by molar-refractivity contribution is -0.124. The van der Waals surface area contributed by atoms with Crippen LogP contribution in [-0.2, 0) is 24.3 Å². The topological polar surface area (TPSA) is 77.6 Å². The number of hydrogen-bond donors (Lipinski definition) is 1. The number of rotatable bonds is 5. The Morgan fingerprint density at radius 3 is 3.15 bits per heavy atom. The highest BCUT2D eigenvalue weighted by Gasteiger charge is 2.21. The Morgan fingerprint density at radius 1 is 1.50 bits per heavy atom. The van der Waals surface area contributed by atoms with Gasteiger partial charge in [0.2, 0.25) is 5.91 Å². The molecule has 0 unspecified atom stereocenters. The molecule has 0 fully saturated rings. The molecule has 0 aliphatic carbocycles. The van der Waals surface area contributed by atoms with Crippen LogP contribution >= 0.6 is 0 Å². The largest absolute Gasteiger partial charge is 0.347 e. The standard InChI is InChI=1S/C13H18N6O/c1-2-10(19-8-4-6-15-19)13(20)14-9-12-17-16-11-5-3-7-18(11)12/h4,6,8,10H,2-3,5,7,9H2,1H3,(H,14,20)/t10-/m1/s1. The molecule has 1 amide bonds. The van der Waals surface area contributed by atoms with E-state index in [2.05, 4.69) is 25.2 Å².